The molecule has 7 heteroatoms. The van der Waals surface area contributed by atoms with Gasteiger partial charge in [0.2, 0.25) is 5.91 Å². The lowest BCUT2D eigenvalue weighted by Crippen LogP contribution is -2.51. The molecule has 1 aromatic heterocycles. The largest absolute Gasteiger partial charge is 0.466 e. The van der Waals surface area contributed by atoms with Gasteiger partial charge in [0, 0.05) is 36.8 Å². The van der Waals surface area contributed by atoms with Crippen molar-refractivity contribution in [3.05, 3.63) is 52.3 Å². The fraction of sp³-hybridized carbons (Fsp3) is 0.522. The minimum absolute atomic E-state index is 0.0435. The summed E-state index contributed by atoms with van der Waals surface area (Å²) in [7, 11) is 0. The third-order valence-corrected chi connectivity index (χ3v) is 5.95. The van der Waals surface area contributed by atoms with Gasteiger partial charge >= 0.3 is 5.97 Å². The lowest BCUT2D eigenvalue weighted by atomic mass is 9.75. The van der Waals surface area contributed by atoms with Gasteiger partial charge in [-0.3, -0.25) is 14.3 Å². The summed E-state index contributed by atoms with van der Waals surface area (Å²) in [6, 6.07) is 9.55. The molecule has 1 atom stereocenters. The van der Waals surface area contributed by atoms with Gasteiger partial charge in [-0.1, -0.05) is 23.7 Å². The zero-order valence-corrected chi connectivity index (χ0v) is 18.7. The van der Waals surface area contributed by atoms with Gasteiger partial charge < -0.3 is 9.64 Å². The first-order chi connectivity index (χ1) is 14.3. The Morgan fingerprint density at radius 3 is 2.73 bits per heavy atom. The van der Waals surface area contributed by atoms with Gasteiger partial charge in [0.1, 0.15) is 0 Å². The third kappa shape index (κ3) is 5.22. The van der Waals surface area contributed by atoms with Crippen LogP contribution in [0.1, 0.15) is 43.1 Å². The van der Waals surface area contributed by atoms with E-state index in [0.29, 0.717) is 50.5 Å². The van der Waals surface area contributed by atoms with Crippen LogP contribution in [0, 0.1) is 19.3 Å². The first-order valence-electron chi connectivity index (χ1n) is 10.5. The molecule has 1 aliphatic heterocycles. The second-order valence-corrected chi connectivity index (χ2v) is 8.56. The molecule has 0 spiro atoms. The Labute approximate surface area is 183 Å². The van der Waals surface area contributed by atoms with Crippen LogP contribution in [0.5, 0.6) is 0 Å². The average Bonchev–Trinajstić information content (AvgIpc) is 3.03. The van der Waals surface area contributed by atoms with E-state index in [0.717, 1.165) is 23.4 Å². The smallest absolute Gasteiger partial charge is 0.314 e. The number of aryl methyl sites for hydroxylation is 3. The summed E-state index contributed by atoms with van der Waals surface area (Å²) in [5.74, 6) is -0.192. The van der Waals surface area contributed by atoms with Crippen molar-refractivity contribution in [3.63, 3.8) is 0 Å². The first-order valence-corrected chi connectivity index (χ1v) is 10.9. The molecule has 0 aliphatic carbocycles. The van der Waals surface area contributed by atoms with E-state index in [1.54, 1.807) is 0 Å². The predicted octanol–water partition coefficient (Wildman–Crippen LogP) is 3.96. The number of esters is 1. The maximum Gasteiger partial charge on any atom is 0.314 e. The van der Waals surface area contributed by atoms with Gasteiger partial charge in [-0.25, -0.2) is 0 Å². The second-order valence-electron chi connectivity index (χ2n) is 8.13. The van der Waals surface area contributed by atoms with Crippen molar-refractivity contribution in [2.24, 2.45) is 5.41 Å². The number of aromatic nitrogens is 2. The number of likely N-dealkylation sites (tertiary alicyclic amines) is 1. The fourth-order valence-electron chi connectivity index (χ4n) is 4.31. The molecule has 0 saturated carbocycles. The highest BCUT2D eigenvalue weighted by molar-refractivity contribution is 6.30. The highest BCUT2D eigenvalue weighted by atomic mass is 35.5. The minimum Gasteiger partial charge on any atom is -0.466 e. The Balaban J connectivity index is 1.74. The van der Waals surface area contributed by atoms with Gasteiger partial charge in [0.15, 0.2) is 0 Å². The highest BCUT2D eigenvalue weighted by Gasteiger charge is 2.44. The van der Waals surface area contributed by atoms with E-state index in [2.05, 4.69) is 5.10 Å². The maximum atomic E-state index is 13.0. The molecule has 2 aromatic rings. The summed E-state index contributed by atoms with van der Waals surface area (Å²) in [6.07, 6.45) is 2.33. The van der Waals surface area contributed by atoms with E-state index in [9.17, 15) is 9.59 Å². The van der Waals surface area contributed by atoms with E-state index in [-0.39, 0.29) is 11.9 Å². The SMILES string of the molecule is CCOC(=O)[C@@]1(Cc2cccc(Cl)c2)CCCN(C(=O)CCn2nc(C)cc2C)C1. The zero-order chi connectivity index (χ0) is 21.7. The van der Waals surface area contributed by atoms with Gasteiger partial charge in [-0.2, -0.15) is 5.10 Å². The monoisotopic (exact) mass is 431 g/mol. The molecule has 30 heavy (non-hydrogen) atoms. The quantitative estimate of drug-likeness (QED) is 0.622. The van der Waals surface area contributed by atoms with Crippen LogP contribution in [-0.4, -0.2) is 46.3 Å². The average molecular weight is 432 g/mol. The minimum atomic E-state index is -0.743. The van der Waals surface area contributed by atoms with E-state index in [4.69, 9.17) is 16.3 Å². The first kappa shape index (κ1) is 22.3. The zero-order valence-electron chi connectivity index (χ0n) is 18.0. The maximum absolute atomic E-state index is 13.0. The van der Waals surface area contributed by atoms with Gasteiger partial charge in [-0.15, -0.1) is 0 Å². The summed E-state index contributed by atoms with van der Waals surface area (Å²) >= 11 is 6.15. The van der Waals surface area contributed by atoms with Crippen molar-refractivity contribution in [2.45, 2.75) is 53.0 Å². The number of piperidine rings is 1. The molecule has 1 aliphatic rings. The molecule has 1 fully saturated rings. The van der Waals surface area contributed by atoms with Crippen molar-refractivity contribution < 1.29 is 14.3 Å². The van der Waals surface area contributed by atoms with Crippen LogP contribution in [0.4, 0.5) is 0 Å². The molecule has 0 radical (unpaired) electrons. The van der Waals surface area contributed by atoms with Gasteiger partial charge in [0.05, 0.1) is 17.7 Å². The summed E-state index contributed by atoms with van der Waals surface area (Å²) in [6.45, 7) is 7.63. The lowest BCUT2D eigenvalue weighted by Gasteiger charge is -2.41. The number of carbonyl (C=O) groups excluding carboxylic acids is 2. The Morgan fingerprint density at radius 2 is 2.07 bits per heavy atom. The van der Waals surface area contributed by atoms with Gasteiger partial charge in [0.25, 0.3) is 0 Å². The molecule has 1 saturated heterocycles. The van der Waals surface area contributed by atoms with Crippen molar-refractivity contribution in [2.75, 3.05) is 19.7 Å². The number of carbonyl (C=O) groups is 2. The predicted molar refractivity (Wildman–Crippen MR) is 116 cm³/mol. The fourth-order valence-corrected chi connectivity index (χ4v) is 4.52. The van der Waals surface area contributed by atoms with Crippen LogP contribution in [-0.2, 0) is 27.3 Å². The summed E-state index contributed by atoms with van der Waals surface area (Å²) < 4.78 is 7.30. The number of rotatable bonds is 7. The number of amides is 1. The van der Waals surface area contributed by atoms with Crippen LogP contribution >= 0.6 is 11.6 Å². The van der Waals surface area contributed by atoms with E-state index >= 15 is 0 Å². The summed E-state index contributed by atoms with van der Waals surface area (Å²) in [4.78, 5) is 27.8. The molecule has 162 valence electrons. The molecule has 2 heterocycles. The van der Waals surface area contributed by atoms with Crippen LogP contribution in [0.2, 0.25) is 5.02 Å². The van der Waals surface area contributed by atoms with E-state index in [1.807, 2.05) is 60.7 Å². The van der Waals surface area contributed by atoms with Crippen molar-refractivity contribution in [3.8, 4) is 0 Å². The lowest BCUT2D eigenvalue weighted by molar-refractivity contribution is -0.160. The molecule has 0 unspecified atom stereocenters. The van der Waals surface area contributed by atoms with Crippen LogP contribution in [0.15, 0.2) is 30.3 Å². The molecule has 1 aromatic carbocycles. The Kier molecular flexibility index (Phi) is 7.19. The van der Waals surface area contributed by atoms with Crippen LogP contribution in [0.3, 0.4) is 0 Å². The number of halogens is 1. The number of hydrogen-bond acceptors (Lipinski definition) is 4. The number of benzene rings is 1. The van der Waals surface area contributed by atoms with E-state index < -0.39 is 5.41 Å². The molecule has 1 amide bonds. The van der Waals surface area contributed by atoms with Crippen molar-refractivity contribution in [1.82, 2.24) is 14.7 Å². The molecular formula is C23H30ClN3O3. The normalized spacial score (nSPS) is 19.0. The number of nitrogens with zero attached hydrogens (tertiary/aromatic N) is 3. The third-order valence-electron chi connectivity index (χ3n) is 5.71. The summed E-state index contributed by atoms with van der Waals surface area (Å²) in [5.41, 5.74) is 2.22. The topological polar surface area (TPSA) is 64.4 Å². The summed E-state index contributed by atoms with van der Waals surface area (Å²) in [5, 5.41) is 5.07. The molecule has 0 bridgehead atoms. The Bertz CT molecular complexity index is 911. The van der Waals surface area contributed by atoms with Crippen LogP contribution in [0.25, 0.3) is 0 Å². The molecule has 6 nitrogen and oxygen atoms in total. The molecule has 3 rings (SSSR count). The Hall–Kier alpha value is -2.34. The molecular weight excluding hydrogens is 402 g/mol. The standard InChI is InChI=1S/C23H30ClN3O3/c1-4-30-22(29)23(15-19-7-5-8-20(24)14-19)10-6-11-26(16-23)21(28)9-12-27-18(3)13-17(2)25-27/h5,7-8,13-14H,4,6,9-12,15-16H2,1-3H3/t23-/m1/s1. The van der Waals surface area contributed by atoms with E-state index in [1.165, 1.54) is 0 Å². The van der Waals surface area contributed by atoms with Crippen molar-refractivity contribution in [1.29, 1.82) is 0 Å². The van der Waals surface area contributed by atoms with Gasteiger partial charge in [-0.05, 0) is 63.8 Å². The number of ether oxygens (including phenoxy) is 1. The molecule has 0 N–H and O–H groups in total. The number of hydrogen-bond donors (Lipinski definition) is 0. The Morgan fingerprint density at radius 1 is 1.27 bits per heavy atom. The second kappa shape index (κ2) is 9.65. The highest BCUT2D eigenvalue weighted by Crippen LogP contribution is 2.36. The van der Waals surface area contributed by atoms with Crippen LogP contribution < -0.4 is 0 Å². The van der Waals surface area contributed by atoms with Crippen molar-refractivity contribution >= 4 is 23.5 Å².